The molecule has 1 aromatic carbocycles. The molecular formula is C19H28N5O4S+. The summed E-state index contributed by atoms with van der Waals surface area (Å²) in [5.74, 6) is 0.253. The fraction of sp³-hybridized carbons (Fsp3) is 0.526. The van der Waals surface area contributed by atoms with E-state index in [9.17, 15) is 9.59 Å². The highest BCUT2D eigenvalue weighted by Gasteiger charge is 2.49. The van der Waals surface area contributed by atoms with Gasteiger partial charge < -0.3 is 25.0 Å². The Morgan fingerprint density at radius 1 is 1.31 bits per heavy atom. The maximum atomic E-state index is 12.9. The van der Waals surface area contributed by atoms with Crippen LogP contribution < -0.4 is 25.7 Å². The third kappa shape index (κ3) is 4.95. The van der Waals surface area contributed by atoms with Crippen LogP contribution >= 0.6 is 12.2 Å². The minimum atomic E-state index is -1.17. The molecule has 29 heavy (non-hydrogen) atoms. The van der Waals surface area contributed by atoms with Crippen molar-refractivity contribution in [1.82, 2.24) is 21.1 Å². The van der Waals surface area contributed by atoms with Gasteiger partial charge in [-0.1, -0.05) is 12.1 Å². The van der Waals surface area contributed by atoms with Gasteiger partial charge in [-0.3, -0.25) is 10.2 Å². The number of carbonyl (C=O) groups is 2. The molecule has 2 fully saturated rings. The Balaban J connectivity index is 1.50. The van der Waals surface area contributed by atoms with Gasteiger partial charge in [0.15, 0.2) is 5.11 Å². The summed E-state index contributed by atoms with van der Waals surface area (Å²) in [4.78, 5) is 26.8. The normalized spacial score (nSPS) is 22.3. The minimum Gasteiger partial charge on any atom is -0.497 e. The van der Waals surface area contributed by atoms with Crippen molar-refractivity contribution in [2.45, 2.75) is 18.9 Å². The lowest BCUT2D eigenvalue weighted by atomic mass is 9.92. The van der Waals surface area contributed by atoms with Gasteiger partial charge in [-0.15, -0.1) is 0 Å². The lowest BCUT2D eigenvalue weighted by molar-refractivity contribution is -0.908. The zero-order valence-corrected chi connectivity index (χ0v) is 17.6. The molecule has 0 spiro atoms. The van der Waals surface area contributed by atoms with E-state index in [2.05, 4.69) is 16.1 Å². The summed E-state index contributed by atoms with van der Waals surface area (Å²) in [6.07, 6.45) is 0.931. The number of imide groups is 1. The summed E-state index contributed by atoms with van der Waals surface area (Å²) in [5, 5.41) is 6.95. The number of hydrogen-bond donors (Lipinski definition) is 4. The topological polar surface area (TPSA) is 96.4 Å². The fourth-order valence-corrected chi connectivity index (χ4v) is 3.65. The number of ether oxygens (including phenoxy) is 2. The molecule has 10 heteroatoms. The second kappa shape index (κ2) is 9.38. The number of hydrogen-bond acceptors (Lipinski definition) is 5. The number of quaternary nitrogens is 1. The number of urea groups is 1. The van der Waals surface area contributed by atoms with Crippen LogP contribution in [0.4, 0.5) is 4.79 Å². The summed E-state index contributed by atoms with van der Waals surface area (Å²) >= 11 is 5.25. The first-order valence-electron chi connectivity index (χ1n) is 9.71. The quantitative estimate of drug-likeness (QED) is 0.258. The second-order valence-electron chi connectivity index (χ2n) is 7.26. The molecule has 9 nitrogen and oxygen atoms in total. The van der Waals surface area contributed by atoms with Crippen LogP contribution in [0.25, 0.3) is 0 Å². The van der Waals surface area contributed by atoms with Crippen LogP contribution in [-0.2, 0) is 15.1 Å². The molecular weight excluding hydrogens is 394 g/mol. The predicted octanol–water partition coefficient (Wildman–Crippen LogP) is -0.853. The molecule has 2 heterocycles. The SMILES string of the molecule is COc1ccc([C@]2(C)NC(=O)N(NC(=S)NCCC[NH+]3CCOCC3)C2=O)cc1. The molecule has 3 rings (SSSR count). The highest BCUT2D eigenvalue weighted by atomic mass is 32.1. The number of rotatable bonds is 7. The molecule has 1 aromatic rings. The number of nitrogens with one attached hydrogen (secondary N) is 4. The van der Waals surface area contributed by atoms with Gasteiger partial charge in [0.25, 0.3) is 5.91 Å². The van der Waals surface area contributed by atoms with Crippen molar-refractivity contribution in [2.75, 3.05) is 46.5 Å². The first-order chi connectivity index (χ1) is 13.9. The van der Waals surface area contributed by atoms with Crippen LogP contribution in [0.2, 0.25) is 0 Å². The first kappa shape index (κ1) is 21.3. The fourth-order valence-electron chi connectivity index (χ4n) is 3.45. The van der Waals surface area contributed by atoms with Crippen molar-refractivity contribution < 1.29 is 24.0 Å². The number of methoxy groups -OCH3 is 1. The summed E-state index contributed by atoms with van der Waals surface area (Å²) in [6.45, 7) is 7.01. The number of thiocarbonyl (C=S) groups is 1. The Bertz CT molecular complexity index is 753. The number of carbonyl (C=O) groups excluding carboxylic acids is 2. The number of amides is 3. The van der Waals surface area contributed by atoms with Crippen molar-refractivity contribution in [3.05, 3.63) is 29.8 Å². The molecule has 1 atom stereocenters. The van der Waals surface area contributed by atoms with Gasteiger partial charge in [0.1, 0.15) is 24.4 Å². The zero-order chi connectivity index (χ0) is 20.9. The van der Waals surface area contributed by atoms with Gasteiger partial charge in [-0.25, -0.2) is 4.79 Å². The van der Waals surface area contributed by atoms with Crippen LogP contribution in [0.1, 0.15) is 18.9 Å². The highest BCUT2D eigenvalue weighted by Crippen LogP contribution is 2.29. The molecule has 2 aliphatic rings. The average molecular weight is 423 g/mol. The van der Waals surface area contributed by atoms with E-state index in [1.165, 1.54) is 4.90 Å². The molecule has 158 valence electrons. The molecule has 4 N–H and O–H groups in total. The Labute approximate surface area is 175 Å². The highest BCUT2D eigenvalue weighted by molar-refractivity contribution is 7.80. The number of morpholine rings is 1. The Morgan fingerprint density at radius 3 is 2.66 bits per heavy atom. The molecule has 0 radical (unpaired) electrons. The van der Waals surface area contributed by atoms with Crippen LogP contribution in [-0.4, -0.2) is 68.6 Å². The first-order valence-corrected chi connectivity index (χ1v) is 10.1. The van der Waals surface area contributed by atoms with E-state index in [-0.39, 0.29) is 5.11 Å². The van der Waals surface area contributed by atoms with Crippen molar-refractivity contribution in [3.63, 3.8) is 0 Å². The van der Waals surface area contributed by atoms with Gasteiger partial charge in [-0.05, 0) is 36.8 Å². The van der Waals surface area contributed by atoms with Gasteiger partial charge in [0.05, 0.1) is 26.9 Å². The van der Waals surface area contributed by atoms with Crippen molar-refractivity contribution in [2.24, 2.45) is 0 Å². The van der Waals surface area contributed by atoms with Crippen LogP contribution in [0.5, 0.6) is 5.75 Å². The molecule has 3 amide bonds. The third-order valence-corrected chi connectivity index (χ3v) is 5.50. The van der Waals surface area contributed by atoms with E-state index < -0.39 is 17.5 Å². The molecule has 0 aliphatic carbocycles. The maximum Gasteiger partial charge on any atom is 0.344 e. The monoisotopic (exact) mass is 422 g/mol. The van der Waals surface area contributed by atoms with Gasteiger partial charge >= 0.3 is 6.03 Å². The molecule has 0 bridgehead atoms. The number of hydrazine groups is 1. The molecule has 0 aromatic heterocycles. The van der Waals surface area contributed by atoms with Crippen LogP contribution in [0.15, 0.2) is 24.3 Å². The summed E-state index contributed by atoms with van der Waals surface area (Å²) in [5.41, 5.74) is 2.19. The van der Waals surface area contributed by atoms with E-state index in [0.29, 0.717) is 17.9 Å². The standard InChI is InChI=1S/C19H27N5O4S/c1-19(14-4-6-15(27-2)7-5-14)16(25)24(18(26)21-19)22-17(29)20-8-3-9-23-10-12-28-13-11-23/h4-7H,3,8-13H2,1-2H3,(H,21,26)(H2,20,22,29)/p+1/t19-/m0/s1. The van der Waals surface area contributed by atoms with Gasteiger partial charge in [-0.2, -0.15) is 5.01 Å². The predicted molar refractivity (Wildman–Crippen MR) is 110 cm³/mol. The summed E-state index contributed by atoms with van der Waals surface area (Å²) < 4.78 is 10.5. The maximum absolute atomic E-state index is 12.9. The molecule has 0 saturated carbocycles. The second-order valence-corrected chi connectivity index (χ2v) is 7.67. The van der Waals surface area contributed by atoms with E-state index in [1.54, 1.807) is 38.3 Å². The van der Waals surface area contributed by atoms with Gasteiger partial charge in [0.2, 0.25) is 0 Å². The average Bonchev–Trinajstić information content (AvgIpc) is 2.96. The van der Waals surface area contributed by atoms with Gasteiger partial charge in [0, 0.05) is 13.0 Å². The van der Waals surface area contributed by atoms with Crippen molar-refractivity contribution >= 4 is 29.3 Å². The Hall–Kier alpha value is -2.43. The molecule has 0 unspecified atom stereocenters. The van der Waals surface area contributed by atoms with Crippen LogP contribution in [0, 0.1) is 0 Å². The number of nitrogens with zero attached hydrogens (tertiary/aromatic N) is 1. The number of benzene rings is 1. The Kier molecular flexibility index (Phi) is 6.88. The summed E-state index contributed by atoms with van der Waals surface area (Å²) in [7, 11) is 1.57. The summed E-state index contributed by atoms with van der Waals surface area (Å²) in [6, 6.07) is 6.46. The van der Waals surface area contributed by atoms with E-state index in [1.807, 2.05) is 0 Å². The largest absolute Gasteiger partial charge is 0.497 e. The van der Waals surface area contributed by atoms with E-state index >= 15 is 0 Å². The molecule has 2 saturated heterocycles. The Morgan fingerprint density at radius 2 is 2.00 bits per heavy atom. The third-order valence-electron chi connectivity index (χ3n) is 5.26. The minimum absolute atomic E-state index is 0.240. The van der Waals surface area contributed by atoms with Crippen LogP contribution in [0.3, 0.4) is 0 Å². The lowest BCUT2D eigenvalue weighted by Gasteiger charge is -2.24. The zero-order valence-electron chi connectivity index (χ0n) is 16.7. The lowest BCUT2D eigenvalue weighted by Crippen LogP contribution is -3.14. The smallest absolute Gasteiger partial charge is 0.344 e. The molecule has 2 aliphatic heterocycles. The van der Waals surface area contributed by atoms with Crippen molar-refractivity contribution in [3.8, 4) is 5.75 Å². The van der Waals surface area contributed by atoms with Crippen molar-refractivity contribution in [1.29, 1.82) is 0 Å². The van der Waals surface area contributed by atoms with E-state index in [0.717, 1.165) is 44.3 Å². The van der Waals surface area contributed by atoms with E-state index in [4.69, 9.17) is 21.7 Å².